The third-order valence-electron chi connectivity index (χ3n) is 5.45. The number of fused-ring (bicyclic) bond motifs is 1. The Morgan fingerprint density at radius 1 is 1.03 bits per heavy atom. The van der Waals surface area contributed by atoms with Crippen LogP contribution in [0.3, 0.4) is 0 Å². The molecule has 4 rings (SSSR count). The van der Waals surface area contributed by atoms with Crippen LogP contribution in [0.2, 0.25) is 0 Å². The Morgan fingerprint density at radius 3 is 2.30 bits per heavy atom. The number of hydrogen-bond donors (Lipinski definition) is 0. The van der Waals surface area contributed by atoms with E-state index in [0.717, 1.165) is 33.1 Å². The van der Waals surface area contributed by atoms with Crippen LogP contribution in [0.15, 0.2) is 58.7 Å². The van der Waals surface area contributed by atoms with Crippen molar-refractivity contribution in [2.75, 3.05) is 7.11 Å². The number of nitrogens with zero attached hydrogens (tertiary/aromatic N) is 2. The van der Waals surface area contributed by atoms with E-state index >= 15 is 0 Å². The van der Waals surface area contributed by atoms with Crippen molar-refractivity contribution in [3.63, 3.8) is 0 Å². The van der Waals surface area contributed by atoms with Gasteiger partial charge in [-0.25, -0.2) is 4.98 Å². The molecule has 2 heterocycles. The molecule has 0 aliphatic carbocycles. The highest BCUT2D eigenvalue weighted by Gasteiger charge is 2.17. The van der Waals surface area contributed by atoms with Gasteiger partial charge in [0, 0.05) is 10.9 Å². The maximum Gasteiger partial charge on any atom is 0.263 e. The van der Waals surface area contributed by atoms with Crippen LogP contribution < -0.4 is 10.3 Å². The van der Waals surface area contributed by atoms with Crippen molar-refractivity contribution in [3.05, 3.63) is 81.2 Å². The van der Waals surface area contributed by atoms with E-state index in [-0.39, 0.29) is 11.0 Å². The van der Waals surface area contributed by atoms with Crippen LogP contribution in [0.5, 0.6) is 5.75 Å². The first-order valence-electron chi connectivity index (χ1n) is 10.0. The number of hydrogen-bond acceptors (Lipinski definition) is 4. The van der Waals surface area contributed by atoms with Crippen LogP contribution in [-0.4, -0.2) is 16.7 Å². The van der Waals surface area contributed by atoms with Gasteiger partial charge in [0.05, 0.1) is 19.0 Å². The van der Waals surface area contributed by atoms with Gasteiger partial charge in [-0.3, -0.25) is 9.36 Å². The molecule has 154 valence electrons. The first kappa shape index (κ1) is 20.4. The summed E-state index contributed by atoms with van der Waals surface area (Å²) in [5, 5.41) is 2.70. The maximum atomic E-state index is 13.5. The smallest absolute Gasteiger partial charge is 0.263 e. The van der Waals surface area contributed by atoms with E-state index in [0.29, 0.717) is 11.9 Å². The van der Waals surface area contributed by atoms with E-state index < -0.39 is 0 Å². The normalized spacial score (nSPS) is 11.8. The van der Waals surface area contributed by atoms with Crippen LogP contribution in [0.25, 0.3) is 21.3 Å². The van der Waals surface area contributed by atoms with Gasteiger partial charge in [-0.1, -0.05) is 57.2 Å². The van der Waals surface area contributed by atoms with Crippen molar-refractivity contribution in [2.45, 2.75) is 39.7 Å². The minimum absolute atomic E-state index is 0.00414. The average molecular weight is 419 g/mol. The van der Waals surface area contributed by atoms with Gasteiger partial charge in [0.15, 0.2) is 0 Å². The molecule has 0 unspecified atom stereocenters. The lowest BCUT2D eigenvalue weighted by Crippen LogP contribution is -2.24. The van der Waals surface area contributed by atoms with Gasteiger partial charge in [0.25, 0.3) is 5.56 Å². The molecule has 4 nitrogen and oxygen atoms in total. The van der Waals surface area contributed by atoms with E-state index in [1.54, 1.807) is 11.7 Å². The molecule has 0 saturated carbocycles. The second kappa shape index (κ2) is 7.73. The quantitative estimate of drug-likeness (QED) is 0.421. The second-order valence-electron chi connectivity index (χ2n) is 8.56. The number of aromatic nitrogens is 2. The number of methoxy groups -OCH3 is 1. The molecule has 30 heavy (non-hydrogen) atoms. The summed E-state index contributed by atoms with van der Waals surface area (Å²) >= 11 is 1.51. The van der Waals surface area contributed by atoms with Crippen molar-refractivity contribution < 1.29 is 4.74 Å². The SMILES string of the molecule is COc1ccc(-c2csc3nc(C)n(Cc4ccc(C(C)(C)C)cc4)c(=O)c23)cc1. The number of thiophene rings is 1. The minimum atomic E-state index is 0.00414. The van der Waals surface area contributed by atoms with Crippen LogP contribution >= 0.6 is 11.3 Å². The summed E-state index contributed by atoms with van der Waals surface area (Å²) in [7, 11) is 1.65. The van der Waals surface area contributed by atoms with Gasteiger partial charge in [-0.2, -0.15) is 0 Å². The predicted molar refractivity (Wildman–Crippen MR) is 125 cm³/mol. The Bertz CT molecular complexity index is 1240. The Morgan fingerprint density at radius 2 is 1.70 bits per heavy atom. The summed E-state index contributed by atoms with van der Waals surface area (Å²) in [5.74, 6) is 1.53. The lowest BCUT2D eigenvalue weighted by molar-refractivity contribution is 0.415. The Hall–Kier alpha value is -2.92. The molecule has 0 bridgehead atoms. The summed E-state index contributed by atoms with van der Waals surface area (Å²) in [6, 6.07) is 16.3. The molecular weight excluding hydrogens is 392 g/mol. The Labute approximate surface area is 180 Å². The van der Waals surface area contributed by atoms with Crippen molar-refractivity contribution in [1.29, 1.82) is 0 Å². The largest absolute Gasteiger partial charge is 0.497 e. The van der Waals surface area contributed by atoms with Gasteiger partial charge in [-0.05, 0) is 41.2 Å². The lowest BCUT2D eigenvalue weighted by atomic mass is 9.87. The number of rotatable bonds is 4. The summed E-state index contributed by atoms with van der Waals surface area (Å²) in [6.07, 6.45) is 0. The second-order valence-corrected chi connectivity index (χ2v) is 9.41. The van der Waals surface area contributed by atoms with Crippen LogP contribution in [0.4, 0.5) is 0 Å². The average Bonchev–Trinajstić information content (AvgIpc) is 3.14. The van der Waals surface area contributed by atoms with E-state index in [2.05, 4.69) is 45.0 Å². The van der Waals surface area contributed by atoms with E-state index in [1.807, 2.05) is 36.6 Å². The summed E-state index contributed by atoms with van der Waals surface area (Å²) in [4.78, 5) is 19.0. The van der Waals surface area contributed by atoms with Gasteiger partial charge in [0.1, 0.15) is 16.4 Å². The predicted octanol–water partition coefficient (Wildman–Crippen LogP) is 5.79. The zero-order valence-corrected chi connectivity index (χ0v) is 18.8. The third-order valence-corrected chi connectivity index (χ3v) is 6.32. The third kappa shape index (κ3) is 3.77. The fraction of sp³-hybridized carbons (Fsp3) is 0.280. The number of aryl methyl sites for hydroxylation is 1. The van der Waals surface area contributed by atoms with Crippen LogP contribution in [0, 0.1) is 6.92 Å². The Kier molecular flexibility index (Phi) is 5.24. The molecule has 4 aromatic rings. The maximum absolute atomic E-state index is 13.5. The van der Waals surface area contributed by atoms with Gasteiger partial charge < -0.3 is 4.74 Å². The first-order chi connectivity index (χ1) is 14.3. The van der Waals surface area contributed by atoms with Crippen molar-refractivity contribution in [3.8, 4) is 16.9 Å². The molecule has 0 atom stereocenters. The summed E-state index contributed by atoms with van der Waals surface area (Å²) in [6.45, 7) is 9.01. The molecular formula is C25H26N2O2S. The van der Waals surface area contributed by atoms with E-state index in [9.17, 15) is 4.79 Å². The highest BCUT2D eigenvalue weighted by atomic mass is 32.1. The molecule has 2 aromatic heterocycles. The number of ether oxygens (including phenoxy) is 1. The lowest BCUT2D eigenvalue weighted by Gasteiger charge is -2.19. The zero-order valence-electron chi connectivity index (χ0n) is 18.0. The van der Waals surface area contributed by atoms with Crippen molar-refractivity contribution in [2.24, 2.45) is 0 Å². The zero-order chi connectivity index (χ0) is 21.5. The fourth-order valence-corrected chi connectivity index (χ4v) is 4.57. The van der Waals surface area contributed by atoms with Gasteiger partial charge in [-0.15, -0.1) is 11.3 Å². The van der Waals surface area contributed by atoms with E-state index in [1.165, 1.54) is 16.9 Å². The molecule has 0 N–H and O–H groups in total. The molecule has 0 radical (unpaired) electrons. The molecule has 0 saturated heterocycles. The highest BCUT2D eigenvalue weighted by molar-refractivity contribution is 7.17. The summed E-state index contributed by atoms with van der Waals surface area (Å²) < 4.78 is 7.02. The molecule has 0 aliphatic heterocycles. The molecule has 0 amide bonds. The van der Waals surface area contributed by atoms with E-state index in [4.69, 9.17) is 9.72 Å². The topological polar surface area (TPSA) is 44.1 Å². The molecule has 2 aromatic carbocycles. The monoisotopic (exact) mass is 418 g/mol. The molecule has 0 spiro atoms. The van der Waals surface area contributed by atoms with Crippen molar-refractivity contribution >= 4 is 21.6 Å². The minimum Gasteiger partial charge on any atom is -0.497 e. The van der Waals surface area contributed by atoms with Gasteiger partial charge in [0.2, 0.25) is 0 Å². The molecule has 0 fully saturated rings. The highest BCUT2D eigenvalue weighted by Crippen LogP contribution is 2.32. The fourth-order valence-electron chi connectivity index (χ4n) is 3.59. The summed E-state index contributed by atoms with van der Waals surface area (Å²) in [5.41, 5.74) is 4.40. The van der Waals surface area contributed by atoms with Gasteiger partial charge >= 0.3 is 0 Å². The first-order valence-corrected chi connectivity index (χ1v) is 10.9. The molecule has 0 aliphatic rings. The Balaban J connectivity index is 1.76. The van der Waals surface area contributed by atoms with Crippen LogP contribution in [-0.2, 0) is 12.0 Å². The molecule has 5 heteroatoms. The number of benzene rings is 2. The van der Waals surface area contributed by atoms with Crippen molar-refractivity contribution in [1.82, 2.24) is 9.55 Å². The van der Waals surface area contributed by atoms with Crippen LogP contribution in [0.1, 0.15) is 37.7 Å². The standard InChI is InChI=1S/C25H26N2O2S/c1-16-26-23-22(21(15-30-23)18-8-12-20(29-5)13-9-18)24(28)27(16)14-17-6-10-19(11-7-17)25(2,3)4/h6-13,15H,14H2,1-5H3.